The summed E-state index contributed by atoms with van der Waals surface area (Å²) in [4.78, 5) is 16.8. The van der Waals surface area contributed by atoms with Gasteiger partial charge in [0.2, 0.25) is 0 Å². The van der Waals surface area contributed by atoms with E-state index in [1.54, 1.807) is 18.2 Å². The third-order valence-electron chi connectivity index (χ3n) is 3.16. The minimum absolute atomic E-state index is 0.108. The molecule has 3 rings (SSSR count). The van der Waals surface area contributed by atoms with Crippen LogP contribution in [-0.2, 0) is 6.54 Å². The zero-order chi connectivity index (χ0) is 15.0. The molecule has 0 radical (unpaired) electrons. The van der Waals surface area contributed by atoms with Crippen LogP contribution in [-0.4, -0.2) is 9.55 Å². The summed E-state index contributed by atoms with van der Waals surface area (Å²) in [6, 6.07) is 10.7. The average molecular weight is 384 g/mol. The Kier molecular flexibility index (Phi) is 4.02. The van der Waals surface area contributed by atoms with E-state index in [-0.39, 0.29) is 5.56 Å². The Morgan fingerprint density at radius 1 is 1.19 bits per heavy atom. The molecule has 0 saturated heterocycles. The fraction of sp³-hybridized carbons (Fsp3) is 0.0667. The van der Waals surface area contributed by atoms with Gasteiger partial charge in [0.25, 0.3) is 5.56 Å². The molecular weight excluding hydrogens is 375 g/mol. The van der Waals surface area contributed by atoms with E-state index in [0.29, 0.717) is 27.5 Å². The van der Waals surface area contributed by atoms with Crippen molar-refractivity contribution in [1.29, 1.82) is 0 Å². The van der Waals surface area contributed by atoms with Crippen LogP contribution in [0.5, 0.6) is 0 Å². The quantitative estimate of drug-likeness (QED) is 0.652. The highest BCUT2D eigenvalue weighted by atomic mass is 79.9. The number of hydrogen-bond donors (Lipinski definition) is 0. The monoisotopic (exact) mass is 382 g/mol. The van der Waals surface area contributed by atoms with E-state index >= 15 is 0 Å². The zero-order valence-electron chi connectivity index (χ0n) is 10.7. The van der Waals surface area contributed by atoms with Crippen molar-refractivity contribution in [2.45, 2.75) is 6.54 Å². The molecule has 0 amide bonds. The summed E-state index contributed by atoms with van der Waals surface area (Å²) in [7, 11) is 0. The fourth-order valence-electron chi connectivity index (χ4n) is 2.10. The Morgan fingerprint density at radius 3 is 2.81 bits per heavy atom. The van der Waals surface area contributed by atoms with Crippen LogP contribution in [0.15, 0.2) is 52.0 Å². The first kappa shape index (κ1) is 14.6. The largest absolute Gasteiger partial charge is 0.294 e. The van der Waals surface area contributed by atoms with E-state index in [4.69, 9.17) is 23.2 Å². The van der Waals surface area contributed by atoms with Gasteiger partial charge < -0.3 is 0 Å². The van der Waals surface area contributed by atoms with Gasteiger partial charge in [-0.25, -0.2) is 4.98 Å². The fourth-order valence-corrected chi connectivity index (χ4v) is 2.83. The molecule has 0 aliphatic rings. The summed E-state index contributed by atoms with van der Waals surface area (Å²) in [5, 5.41) is 1.50. The van der Waals surface area contributed by atoms with Crippen LogP contribution in [0.2, 0.25) is 10.0 Å². The molecule has 0 saturated carbocycles. The molecule has 0 N–H and O–H groups in total. The second kappa shape index (κ2) is 5.79. The maximum atomic E-state index is 12.5. The summed E-state index contributed by atoms with van der Waals surface area (Å²) >= 11 is 15.5. The normalized spacial score (nSPS) is 11.0. The van der Waals surface area contributed by atoms with Crippen LogP contribution >= 0.6 is 39.1 Å². The molecule has 0 unspecified atom stereocenters. The summed E-state index contributed by atoms with van der Waals surface area (Å²) in [6.07, 6.45) is 1.52. The predicted octanol–water partition coefficient (Wildman–Crippen LogP) is 4.51. The summed E-state index contributed by atoms with van der Waals surface area (Å²) in [6.45, 7) is 0.331. The molecular formula is C15H9BrCl2N2O. The van der Waals surface area contributed by atoms with Gasteiger partial charge >= 0.3 is 0 Å². The lowest BCUT2D eigenvalue weighted by molar-refractivity contribution is 0.748. The number of halogens is 3. The highest BCUT2D eigenvalue weighted by Crippen LogP contribution is 2.26. The average Bonchev–Trinajstić information content (AvgIpc) is 2.46. The second-order valence-electron chi connectivity index (χ2n) is 4.55. The van der Waals surface area contributed by atoms with E-state index in [1.807, 2.05) is 18.2 Å². The van der Waals surface area contributed by atoms with Gasteiger partial charge in [0.1, 0.15) is 0 Å². The minimum Gasteiger partial charge on any atom is -0.294 e. The molecule has 0 fully saturated rings. The Labute approximate surface area is 139 Å². The number of hydrogen-bond acceptors (Lipinski definition) is 2. The molecule has 1 heterocycles. The summed E-state index contributed by atoms with van der Waals surface area (Å²) < 4.78 is 2.41. The van der Waals surface area contributed by atoms with Gasteiger partial charge in [-0.15, -0.1) is 0 Å². The SMILES string of the molecule is O=c1c2ccc(Br)cc2ncn1Cc1cccc(Cl)c1Cl. The third-order valence-corrected chi connectivity index (χ3v) is 4.51. The van der Waals surface area contributed by atoms with Gasteiger partial charge in [0.15, 0.2) is 0 Å². The van der Waals surface area contributed by atoms with Crippen LogP contribution in [0.3, 0.4) is 0 Å². The van der Waals surface area contributed by atoms with Crippen molar-refractivity contribution in [2.75, 3.05) is 0 Å². The number of benzene rings is 2. The first-order valence-corrected chi connectivity index (χ1v) is 7.69. The van der Waals surface area contributed by atoms with Crippen molar-refractivity contribution in [3.63, 3.8) is 0 Å². The Morgan fingerprint density at radius 2 is 2.00 bits per heavy atom. The smallest absolute Gasteiger partial charge is 0.261 e. The third kappa shape index (κ3) is 2.84. The van der Waals surface area contributed by atoms with Gasteiger partial charge in [-0.3, -0.25) is 9.36 Å². The lowest BCUT2D eigenvalue weighted by atomic mass is 10.2. The maximum absolute atomic E-state index is 12.5. The Hall–Kier alpha value is -1.36. The maximum Gasteiger partial charge on any atom is 0.261 e. The molecule has 3 nitrogen and oxygen atoms in total. The number of aromatic nitrogens is 2. The minimum atomic E-state index is -0.108. The molecule has 1 aromatic heterocycles. The first-order valence-electron chi connectivity index (χ1n) is 6.14. The molecule has 0 bridgehead atoms. The highest BCUT2D eigenvalue weighted by molar-refractivity contribution is 9.10. The van der Waals surface area contributed by atoms with E-state index in [0.717, 1.165) is 10.0 Å². The Bertz CT molecular complexity index is 892. The molecule has 0 spiro atoms. The molecule has 6 heteroatoms. The standard InChI is InChI=1S/C15H9BrCl2N2O/c16-10-4-5-11-13(6-10)19-8-20(15(11)21)7-9-2-1-3-12(17)14(9)18/h1-6,8H,7H2. The number of nitrogens with zero attached hydrogens (tertiary/aromatic N) is 2. The number of rotatable bonds is 2. The van der Waals surface area contributed by atoms with Crippen molar-refractivity contribution in [3.05, 3.63) is 73.2 Å². The van der Waals surface area contributed by atoms with Crippen molar-refractivity contribution >= 4 is 50.0 Å². The van der Waals surface area contributed by atoms with Crippen molar-refractivity contribution in [3.8, 4) is 0 Å². The van der Waals surface area contributed by atoms with Crippen LogP contribution in [0, 0.1) is 0 Å². The van der Waals surface area contributed by atoms with Crippen LogP contribution < -0.4 is 5.56 Å². The Balaban J connectivity index is 2.09. The summed E-state index contributed by atoms with van der Waals surface area (Å²) in [5.41, 5.74) is 1.33. The van der Waals surface area contributed by atoms with Gasteiger partial charge in [-0.2, -0.15) is 0 Å². The number of fused-ring (bicyclic) bond motifs is 1. The van der Waals surface area contributed by atoms with Crippen LogP contribution in [0.25, 0.3) is 10.9 Å². The van der Waals surface area contributed by atoms with Crippen molar-refractivity contribution in [1.82, 2.24) is 9.55 Å². The van der Waals surface area contributed by atoms with Gasteiger partial charge in [0, 0.05) is 4.47 Å². The van der Waals surface area contributed by atoms with Crippen molar-refractivity contribution < 1.29 is 0 Å². The van der Waals surface area contributed by atoms with Gasteiger partial charge in [-0.05, 0) is 29.8 Å². The zero-order valence-corrected chi connectivity index (χ0v) is 13.8. The molecule has 21 heavy (non-hydrogen) atoms. The molecule has 0 aliphatic carbocycles. The van der Waals surface area contributed by atoms with E-state index in [1.165, 1.54) is 10.9 Å². The van der Waals surface area contributed by atoms with E-state index in [2.05, 4.69) is 20.9 Å². The topological polar surface area (TPSA) is 34.9 Å². The predicted molar refractivity (Wildman–Crippen MR) is 89.3 cm³/mol. The molecule has 106 valence electrons. The lowest BCUT2D eigenvalue weighted by Gasteiger charge is -2.09. The van der Waals surface area contributed by atoms with E-state index < -0.39 is 0 Å². The second-order valence-corrected chi connectivity index (χ2v) is 6.25. The molecule has 3 aromatic rings. The van der Waals surface area contributed by atoms with Crippen molar-refractivity contribution in [2.24, 2.45) is 0 Å². The van der Waals surface area contributed by atoms with Gasteiger partial charge in [0.05, 0.1) is 33.8 Å². The van der Waals surface area contributed by atoms with Crippen LogP contribution in [0.1, 0.15) is 5.56 Å². The van der Waals surface area contributed by atoms with Gasteiger partial charge in [-0.1, -0.05) is 51.3 Å². The lowest BCUT2D eigenvalue weighted by Crippen LogP contribution is -2.21. The molecule has 0 atom stereocenters. The first-order chi connectivity index (χ1) is 10.1. The molecule has 0 aliphatic heterocycles. The van der Waals surface area contributed by atoms with E-state index in [9.17, 15) is 4.79 Å². The molecule has 2 aromatic carbocycles. The highest BCUT2D eigenvalue weighted by Gasteiger charge is 2.08. The van der Waals surface area contributed by atoms with Crippen LogP contribution in [0.4, 0.5) is 0 Å². The summed E-state index contributed by atoms with van der Waals surface area (Å²) in [5.74, 6) is 0.